The van der Waals surface area contributed by atoms with E-state index < -0.39 is 0 Å². The van der Waals surface area contributed by atoms with Gasteiger partial charge < -0.3 is 10.1 Å². The number of benzene rings is 2. The minimum Gasteiger partial charge on any atom is -0.494 e. The summed E-state index contributed by atoms with van der Waals surface area (Å²) in [6, 6.07) is 17.9. The third-order valence-corrected chi connectivity index (χ3v) is 4.16. The van der Waals surface area contributed by atoms with Crippen LogP contribution in [0, 0.1) is 0 Å². The van der Waals surface area contributed by atoms with Crippen molar-refractivity contribution in [3.05, 3.63) is 89.2 Å². The SMILES string of the molecule is CCOc1ccc(NC(=NCc2cccnc2)NC(=O)c2ccc(Cl)cc2)cc1. The molecule has 3 rings (SSSR count). The van der Waals surface area contributed by atoms with Crippen LogP contribution in [0.3, 0.4) is 0 Å². The Morgan fingerprint density at radius 3 is 2.52 bits per heavy atom. The number of amides is 1. The van der Waals surface area contributed by atoms with Crippen LogP contribution >= 0.6 is 11.6 Å². The van der Waals surface area contributed by atoms with Crippen LogP contribution in [0.5, 0.6) is 5.75 Å². The smallest absolute Gasteiger partial charge is 0.257 e. The molecule has 1 heterocycles. The standard InChI is InChI=1S/C22H21ClN4O2/c1-2-29-20-11-9-19(10-12-20)26-22(25-15-16-4-3-13-24-14-16)27-21(28)17-5-7-18(23)8-6-17/h3-14H,2,15H2,1H3,(H2,25,26,27,28). The van der Waals surface area contributed by atoms with E-state index in [9.17, 15) is 4.79 Å². The quantitative estimate of drug-likeness (QED) is 0.464. The monoisotopic (exact) mass is 408 g/mol. The molecule has 0 radical (unpaired) electrons. The van der Waals surface area contributed by atoms with E-state index in [1.54, 1.807) is 36.7 Å². The number of aliphatic imine (C=N–C) groups is 1. The zero-order valence-corrected chi connectivity index (χ0v) is 16.7. The summed E-state index contributed by atoms with van der Waals surface area (Å²) in [5.74, 6) is 0.820. The van der Waals surface area contributed by atoms with Gasteiger partial charge in [-0.25, -0.2) is 4.99 Å². The zero-order valence-electron chi connectivity index (χ0n) is 15.9. The number of hydrogen-bond acceptors (Lipinski definition) is 4. The Labute approximate surface area is 174 Å². The lowest BCUT2D eigenvalue weighted by Crippen LogP contribution is -2.36. The van der Waals surface area contributed by atoms with Gasteiger partial charge >= 0.3 is 0 Å². The van der Waals surface area contributed by atoms with E-state index >= 15 is 0 Å². The third kappa shape index (κ3) is 6.33. The first-order valence-electron chi connectivity index (χ1n) is 9.14. The second-order valence-electron chi connectivity index (χ2n) is 6.07. The predicted octanol–water partition coefficient (Wildman–Crippen LogP) is 4.53. The molecule has 1 amide bonds. The largest absolute Gasteiger partial charge is 0.494 e. The first kappa shape index (κ1) is 20.4. The van der Waals surface area contributed by atoms with Gasteiger partial charge in [-0.15, -0.1) is 0 Å². The Morgan fingerprint density at radius 1 is 1.10 bits per heavy atom. The number of aromatic nitrogens is 1. The molecule has 0 unspecified atom stereocenters. The van der Waals surface area contributed by atoms with Gasteiger partial charge in [-0.3, -0.25) is 15.1 Å². The fourth-order valence-electron chi connectivity index (χ4n) is 2.49. The van der Waals surface area contributed by atoms with Gasteiger partial charge in [0.1, 0.15) is 5.75 Å². The molecular weight excluding hydrogens is 388 g/mol. The average molecular weight is 409 g/mol. The van der Waals surface area contributed by atoms with Crippen molar-refractivity contribution in [2.75, 3.05) is 11.9 Å². The Kier molecular flexibility index (Phi) is 7.19. The third-order valence-electron chi connectivity index (χ3n) is 3.91. The second kappa shape index (κ2) is 10.2. The molecular formula is C22H21ClN4O2. The van der Waals surface area contributed by atoms with Crippen molar-refractivity contribution in [2.24, 2.45) is 4.99 Å². The average Bonchev–Trinajstić information content (AvgIpc) is 2.75. The van der Waals surface area contributed by atoms with Crippen molar-refractivity contribution >= 4 is 29.2 Å². The van der Waals surface area contributed by atoms with E-state index in [0.717, 1.165) is 17.0 Å². The first-order chi connectivity index (χ1) is 14.1. The van der Waals surface area contributed by atoms with Crippen LogP contribution in [0.4, 0.5) is 5.69 Å². The Bertz CT molecular complexity index is 958. The zero-order chi connectivity index (χ0) is 20.5. The van der Waals surface area contributed by atoms with Gasteiger partial charge in [-0.05, 0) is 67.1 Å². The summed E-state index contributed by atoms with van der Waals surface area (Å²) < 4.78 is 5.46. The molecule has 148 valence electrons. The number of rotatable bonds is 6. The fourth-order valence-corrected chi connectivity index (χ4v) is 2.62. The summed E-state index contributed by atoms with van der Waals surface area (Å²) in [7, 11) is 0. The summed E-state index contributed by atoms with van der Waals surface area (Å²) in [6.07, 6.45) is 3.44. The summed E-state index contributed by atoms with van der Waals surface area (Å²) in [5.41, 5.74) is 2.19. The van der Waals surface area contributed by atoms with E-state index in [-0.39, 0.29) is 5.91 Å². The highest BCUT2D eigenvalue weighted by Crippen LogP contribution is 2.16. The maximum atomic E-state index is 12.6. The highest BCUT2D eigenvalue weighted by Gasteiger charge is 2.10. The Morgan fingerprint density at radius 2 is 1.86 bits per heavy atom. The van der Waals surface area contributed by atoms with Gasteiger partial charge in [-0.2, -0.15) is 0 Å². The first-order valence-corrected chi connectivity index (χ1v) is 9.52. The van der Waals surface area contributed by atoms with Crippen LogP contribution in [0.2, 0.25) is 5.02 Å². The fraction of sp³-hybridized carbons (Fsp3) is 0.136. The minimum atomic E-state index is -0.287. The number of nitrogens with zero attached hydrogens (tertiary/aromatic N) is 2. The van der Waals surface area contributed by atoms with E-state index in [2.05, 4.69) is 20.6 Å². The van der Waals surface area contributed by atoms with Gasteiger partial charge in [0, 0.05) is 28.7 Å². The highest BCUT2D eigenvalue weighted by atomic mass is 35.5. The van der Waals surface area contributed by atoms with E-state index in [1.807, 2.05) is 43.3 Å². The maximum absolute atomic E-state index is 12.6. The van der Waals surface area contributed by atoms with Crippen molar-refractivity contribution in [2.45, 2.75) is 13.5 Å². The van der Waals surface area contributed by atoms with Crippen molar-refractivity contribution in [3.63, 3.8) is 0 Å². The molecule has 6 nitrogen and oxygen atoms in total. The molecule has 0 aliphatic carbocycles. The van der Waals surface area contributed by atoms with Crippen LogP contribution < -0.4 is 15.4 Å². The number of pyridine rings is 1. The lowest BCUT2D eigenvalue weighted by Gasteiger charge is -2.13. The van der Waals surface area contributed by atoms with Crippen LogP contribution in [0.25, 0.3) is 0 Å². The number of hydrogen-bond donors (Lipinski definition) is 2. The predicted molar refractivity (Wildman–Crippen MR) is 116 cm³/mol. The van der Waals surface area contributed by atoms with E-state index in [0.29, 0.717) is 29.7 Å². The minimum absolute atomic E-state index is 0.287. The van der Waals surface area contributed by atoms with Gasteiger partial charge in [-0.1, -0.05) is 17.7 Å². The molecule has 0 aliphatic heterocycles. The molecule has 29 heavy (non-hydrogen) atoms. The molecule has 0 fully saturated rings. The molecule has 0 atom stereocenters. The topological polar surface area (TPSA) is 75.6 Å². The molecule has 1 aromatic heterocycles. The van der Waals surface area contributed by atoms with Gasteiger partial charge in [0.25, 0.3) is 5.91 Å². The molecule has 2 N–H and O–H groups in total. The number of carbonyl (C=O) groups is 1. The molecule has 0 bridgehead atoms. The lowest BCUT2D eigenvalue weighted by atomic mass is 10.2. The molecule has 7 heteroatoms. The van der Waals surface area contributed by atoms with Gasteiger partial charge in [0.2, 0.25) is 5.96 Å². The molecule has 0 spiro atoms. The number of carbonyl (C=O) groups excluding carboxylic acids is 1. The lowest BCUT2D eigenvalue weighted by molar-refractivity contribution is 0.0977. The molecule has 0 saturated carbocycles. The number of ether oxygens (including phenoxy) is 1. The maximum Gasteiger partial charge on any atom is 0.257 e. The number of guanidine groups is 1. The highest BCUT2D eigenvalue weighted by molar-refractivity contribution is 6.30. The van der Waals surface area contributed by atoms with Crippen molar-refractivity contribution < 1.29 is 9.53 Å². The Balaban J connectivity index is 1.76. The van der Waals surface area contributed by atoms with Gasteiger partial charge in [0.15, 0.2) is 0 Å². The van der Waals surface area contributed by atoms with Crippen LogP contribution in [0.1, 0.15) is 22.8 Å². The van der Waals surface area contributed by atoms with Crippen LogP contribution in [0.15, 0.2) is 78.0 Å². The van der Waals surface area contributed by atoms with E-state index in [4.69, 9.17) is 16.3 Å². The molecule has 3 aromatic rings. The summed E-state index contributed by atoms with van der Waals surface area (Å²) in [5, 5.41) is 6.53. The summed E-state index contributed by atoms with van der Waals surface area (Å²) in [6.45, 7) is 2.90. The van der Waals surface area contributed by atoms with Crippen molar-refractivity contribution in [3.8, 4) is 5.75 Å². The van der Waals surface area contributed by atoms with Crippen molar-refractivity contribution in [1.29, 1.82) is 0 Å². The number of anilines is 1. The normalized spacial score (nSPS) is 11.0. The van der Waals surface area contributed by atoms with Crippen LogP contribution in [-0.4, -0.2) is 23.5 Å². The Hall–Kier alpha value is -3.38. The molecule has 0 aliphatic rings. The number of halogens is 1. The second-order valence-corrected chi connectivity index (χ2v) is 6.51. The van der Waals surface area contributed by atoms with Gasteiger partial charge in [0.05, 0.1) is 13.2 Å². The van der Waals surface area contributed by atoms with E-state index in [1.165, 1.54) is 0 Å². The molecule has 0 saturated heterocycles. The molecule has 2 aromatic carbocycles. The van der Waals surface area contributed by atoms with Crippen molar-refractivity contribution in [1.82, 2.24) is 10.3 Å². The van der Waals surface area contributed by atoms with Crippen LogP contribution in [-0.2, 0) is 6.54 Å². The summed E-state index contributed by atoms with van der Waals surface area (Å²) >= 11 is 5.90. The number of nitrogens with one attached hydrogen (secondary N) is 2. The summed E-state index contributed by atoms with van der Waals surface area (Å²) in [4.78, 5) is 21.2.